The van der Waals surface area contributed by atoms with E-state index < -0.39 is 5.97 Å². The number of carboxylic acid groups (broad SMARTS) is 1. The summed E-state index contributed by atoms with van der Waals surface area (Å²) in [7, 11) is 0. The van der Waals surface area contributed by atoms with Gasteiger partial charge in [0.25, 0.3) is 5.91 Å². The summed E-state index contributed by atoms with van der Waals surface area (Å²) in [5.41, 5.74) is 0.0227. The first kappa shape index (κ1) is 13.5. The number of nitrogens with zero attached hydrogens (tertiary/aromatic N) is 2. The average Bonchev–Trinajstić information content (AvgIpc) is 2.88. The second-order valence-corrected chi connectivity index (χ2v) is 4.35. The number of ether oxygens (including phenoxy) is 1. The number of rotatable bonds is 4. The Kier molecular flexibility index (Phi) is 4.16. The van der Waals surface area contributed by atoms with Crippen LogP contribution < -0.4 is 0 Å². The molecule has 7 nitrogen and oxygen atoms in total. The normalized spacial score (nSPS) is 19.4. The highest BCUT2D eigenvalue weighted by Crippen LogP contribution is 2.16. The van der Waals surface area contributed by atoms with Gasteiger partial charge in [0.1, 0.15) is 0 Å². The van der Waals surface area contributed by atoms with Gasteiger partial charge in [-0.25, -0.2) is 4.79 Å². The van der Waals surface area contributed by atoms with Crippen molar-refractivity contribution in [3.8, 4) is 0 Å². The van der Waals surface area contributed by atoms with Crippen molar-refractivity contribution in [2.24, 2.45) is 0 Å². The lowest BCUT2D eigenvalue weighted by Crippen LogP contribution is -2.43. The Morgan fingerprint density at radius 1 is 1.63 bits per heavy atom. The Labute approximate surface area is 110 Å². The smallest absolute Gasteiger partial charge is 0.374 e. The quantitative estimate of drug-likeness (QED) is 0.876. The molecular formula is C12H16N2O5. The zero-order valence-corrected chi connectivity index (χ0v) is 10.7. The first-order chi connectivity index (χ1) is 9.11. The van der Waals surface area contributed by atoms with Crippen molar-refractivity contribution in [2.45, 2.75) is 25.9 Å². The molecule has 1 aromatic rings. The Balaban J connectivity index is 2.03. The number of likely N-dealkylation sites (tertiary alicyclic amines) is 1. The van der Waals surface area contributed by atoms with Gasteiger partial charge < -0.3 is 19.3 Å². The molecule has 0 radical (unpaired) electrons. The van der Waals surface area contributed by atoms with Crippen LogP contribution in [0.5, 0.6) is 0 Å². The first-order valence-corrected chi connectivity index (χ1v) is 6.22. The fourth-order valence-corrected chi connectivity index (χ4v) is 2.13. The maximum atomic E-state index is 12.1. The van der Waals surface area contributed by atoms with Crippen molar-refractivity contribution < 1.29 is 24.0 Å². The summed E-state index contributed by atoms with van der Waals surface area (Å²) in [4.78, 5) is 24.4. The Bertz CT molecular complexity index is 468. The van der Waals surface area contributed by atoms with Crippen molar-refractivity contribution >= 4 is 11.9 Å². The lowest BCUT2D eigenvalue weighted by molar-refractivity contribution is 0.00689. The number of carbonyl (C=O) groups excluding carboxylic acids is 1. The summed E-state index contributed by atoms with van der Waals surface area (Å²) >= 11 is 0. The number of carbonyl (C=O) groups is 2. The van der Waals surface area contributed by atoms with Crippen molar-refractivity contribution in [3.05, 3.63) is 17.5 Å². The number of hydrogen-bond acceptors (Lipinski definition) is 5. The molecule has 7 heteroatoms. The third-order valence-electron chi connectivity index (χ3n) is 3.01. The minimum atomic E-state index is -1.24. The van der Waals surface area contributed by atoms with Crippen LogP contribution in [0.4, 0.5) is 0 Å². The molecule has 2 heterocycles. The van der Waals surface area contributed by atoms with E-state index in [9.17, 15) is 9.59 Å². The van der Waals surface area contributed by atoms with E-state index in [0.717, 1.165) is 18.9 Å². The molecule has 19 heavy (non-hydrogen) atoms. The molecule has 0 bridgehead atoms. The summed E-state index contributed by atoms with van der Waals surface area (Å²) in [6.45, 7) is 3.65. The molecule has 1 atom stereocenters. The molecule has 1 N–H and O–H groups in total. The third-order valence-corrected chi connectivity index (χ3v) is 3.01. The van der Waals surface area contributed by atoms with Gasteiger partial charge in [0.2, 0.25) is 5.76 Å². The summed E-state index contributed by atoms with van der Waals surface area (Å²) in [6, 6.07) is 1.15. The third kappa shape index (κ3) is 3.11. The van der Waals surface area contributed by atoms with Gasteiger partial charge in [0, 0.05) is 25.8 Å². The minimum absolute atomic E-state index is 0.0227. The molecular weight excluding hydrogens is 252 g/mol. The highest BCUT2D eigenvalue weighted by Gasteiger charge is 2.27. The maximum absolute atomic E-state index is 12.1. The summed E-state index contributed by atoms with van der Waals surface area (Å²) in [5, 5.41) is 12.2. The number of carboxylic acids is 1. The SMILES string of the molecule is CCOC1CCCN(C(=O)c2cc(C(=O)O)on2)C1. The van der Waals surface area contributed by atoms with Crippen LogP contribution in [0, 0.1) is 0 Å². The molecule has 104 valence electrons. The zero-order valence-electron chi connectivity index (χ0n) is 10.7. The van der Waals surface area contributed by atoms with E-state index in [1.54, 1.807) is 4.90 Å². The molecule has 1 aromatic heterocycles. The Morgan fingerprint density at radius 2 is 2.42 bits per heavy atom. The molecule has 1 aliphatic rings. The minimum Gasteiger partial charge on any atom is -0.475 e. The summed E-state index contributed by atoms with van der Waals surface area (Å²) in [6.07, 6.45) is 1.82. The number of hydrogen-bond donors (Lipinski definition) is 1. The average molecular weight is 268 g/mol. The number of amides is 1. The van der Waals surface area contributed by atoms with Gasteiger partial charge in [0.15, 0.2) is 5.69 Å². The topological polar surface area (TPSA) is 92.9 Å². The number of piperidine rings is 1. The fourth-order valence-electron chi connectivity index (χ4n) is 2.13. The van der Waals surface area contributed by atoms with Gasteiger partial charge in [0.05, 0.1) is 6.10 Å². The van der Waals surface area contributed by atoms with Gasteiger partial charge in [-0.15, -0.1) is 0 Å². The van der Waals surface area contributed by atoms with E-state index in [-0.39, 0.29) is 23.5 Å². The van der Waals surface area contributed by atoms with E-state index >= 15 is 0 Å². The first-order valence-electron chi connectivity index (χ1n) is 6.22. The molecule has 0 aromatic carbocycles. The molecule has 2 rings (SSSR count). The number of aromatic nitrogens is 1. The van der Waals surface area contributed by atoms with Gasteiger partial charge >= 0.3 is 5.97 Å². The van der Waals surface area contributed by atoms with Crippen LogP contribution in [-0.2, 0) is 4.74 Å². The lowest BCUT2D eigenvalue weighted by atomic mass is 10.1. The van der Waals surface area contributed by atoms with E-state index in [1.807, 2.05) is 6.92 Å². The van der Waals surface area contributed by atoms with E-state index in [4.69, 9.17) is 9.84 Å². The largest absolute Gasteiger partial charge is 0.475 e. The van der Waals surface area contributed by atoms with Crippen LogP contribution in [-0.4, -0.2) is 52.8 Å². The Hall–Kier alpha value is -1.89. The van der Waals surface area contributed by atoms with Crippen molar-refractivity contribution in [2.75, 3.05) is 19.7 Å². The van der Waals surface area contributed by atoms with E-state index in [0.29, 0.717) is 19.7 Å². The highest BCUT2D eigenvalue weighted by atomic mass is 16.5. The molecule has 1 saturated heterocycles. The zero-order chi connectivity index (χ0) is 13.8. The highest BCUT2D eigenvalue weighted by molar-refractivity contribution is 5.94. The van der Waals surface area contributed by atoms with E-state index in [1.165, 1.54) is 0 Å². The predicted molar refractivity (Wildman–Crippen MR) is 64.0 cm³/mol. The second kappa shape index (κ2) is 5.83. The summed E-state index contributed by atoms with van der Waals surface area (Å²) < 4.78 is 10.1. The van der Waals surface area contributed by atoms with Crippen molar-refractivity contribution in [1.29, 1.82) is 0 Å². The lowest BCUT2D eigenvalue weighted by Gasteiger charge is -2.31. The molecule has 1 fully saturated rings. The summed E-state index contributed by atoms with van der Waals surface area (Å²) in [5.74, 6) is -1.89. The van der Waals surface area contributed by atoms with Crippen LogP contribution >= 0.6 is 0 Å². The molecule has 0 saturated carbocycles. The van der Waals surface area contributed by atoms with Crippen LogP contribution in [0.15, 0.2) is 10.6 Å². The van der Waals surface area contributed by atoms with Crippen LogP contribution in [0.3, 0.4) is 0 Å². The van der Waals surface area contributed by atoms with Crippen LogP contribution in [0.1, 0.15) is 40.8 Å². The van der Waals surface area contributed by atoms with Crippen molar-refractivity contribution in [1.82, 2.24) is 10.1 Å². The molecule has 0 aliphatic carbocycles. The molecule has 1 amide bonds. The van der Waals surface area contributed by atoms with Crippen LogP contribution in [0.25, 0.3) is 0 Å². The number of aromatic carboxylic acids is 1. The Morgan fingerprint density at radius 3 is 3.05 bits per heavy atom. The standard InChI is InChI=1S/C12H16N2O5/c1-2-18-8-4-3-5-14(7-8)11(15)9-6-10(12(16)17)19-13-9/h6,8H,2-5,7H2,1H3,(H,16,17). The second-order valence-electron chi connectivity index (χ2n) is 4.35. The van der Waals surface area contributed by atoms with E-state index in [2.05, 4.69) is 9.68 Å². The van der Waals surface area contributed by atoms with Crippen molar-refractivity contribution in [3.63, 3.8) is 0 Å². The fraction of sp³-hybridized carbons (Fsp3) is 0.583. The van der Waals surface area contributed by atoms with Gasteiger partial charge in [-0.3, -0.25) is 4.79 Å². The molecule has 0 spiro atoms. The van der Waals surface area contributed by atoms with Gasteiger partial charge in [-0.1, -0.05) is 5.16 Å². The molecule has 1 aliphatic heterocycles. The van der Waals surface area contributed by atoms with Crippen LogP contribution in [0.2, 0.25) is 0 Å². The predicted octanol–water partition coefficient (Wildman–Crippen LogP) is 1.01. The monoisotopic (exact) mass is 268 g/mol. The van der Waals surface area contributed by atoms with Gasteiger partial charge in [-0.05, 0) is 19.8 Å². The molecule has 1 unspecified atom stereocenters. The maximum Gasteiger partial charge on any atom is 0.374 e. The van der Waals surface area contributed by atoms with Gasteiger partial charge in [-0.2, -0.15) is 0 Å².